The van der Waals surface area contributed by atoms with Gasteiger partial charge in [-0.3, -0.25) is 14.2 Å². The van der Waals surface area contributed by atoms with Gasteiger partial charge in [-0.1, -0.05) is 47.7 Å². The van der Waals surface area contributed by atoms with Gasteiger partial charge in [0.05, 0.1) is 22.8 Å². The second-order valence-electron chi connectivity index (χ2n) is 9.99. The Kier molecular flexibility index (Phi) is 7.66. The minimum absolute atomic E-state index is 0.0647. The van der Waals surface area contributed by atoms with Crippen molar-refractivity contribution in [2.24, 2.45) is 5.73 Å². The average molecular weight is 605 g/mol. The molecule has 0 atom stereocenters. The van der Waals surface area contributed by atoms with Crippen LogP contribution in [0.4, 0.5) is 5.82 Å². The second-order valence-corrected chi connectivity index (χ2v) is 10.4. The van der Waals surface area contributed by atoms with Gasteiger partial charge in [-0.05, 0) is 48.0 Å². The van der Waals surface area contributed by atoms with Gasteiger partial charge in [0.15, 0.2) is 5.65 Å². The number of phenols is 1. The van der Waals surface area contributed by atoms with E-state index in [1.165, 1.54) is 6.33 Å². The molecule has 0 fully saturated rings. The van der Waals surface area contributed by atoms with Gasteiger partial charge in [0.1, 0.15) is 36.0 Å². The number of carbonyl (C=O) groups excluding carboxylic acids is 1. The van der Waals surface area contributed by atoms with Crippen molar-refractivity contribution in [2.45, 2.75) is 25.9 Å². The van der Waals surface area contributed by atoms with Crippen molar-refractivity contribution in [3.63, 3.8) is 0 Å². The third-order valence-electron chi connectivity index (χ3n) is 7.06. The summed E-state index contributed by atoms with van der Waals surface area (Å²) in [6.07, 6.45) is 1.74. The summed E-state index contributed by atoms with van der Waals surface area (Å²) >= 11 is 6.51. The van der Waals surface area contributed by atoms with E-state index in [9.17, 15) is 14.7 Å². The van der Waals surface area contributed by atoms with Crippen LogP contribution in [0.2, 0.25) is 5.02 Å². The number of aromatic hydroxyl groups is 1. The first-order valence-corrected chi connectivity index (χ1v) is 14.0. The van der Waals surface area contributed by atoms with Gasteiger partial charge in [-0.25, -0.2) is 19.6 Å². The van der Waals surface area contributed by atoms with Crippen LogP contribution < -0.4 is 17.0 Å². The predicted molar refractivity (Wildman–Crippen MR) is 168 cm³/mol. The van der Waals surface area contributed by atoms with Crippen molar-refractivity contribution in [2.75, 3.05) is 5.73 Å². The summed E-state index contributed by atoms with van der Waals surface area (Å²) in [7, 11) is 0. The van der Waals surface area contributed by atoms with Crippen LogP contribution >= 0.6 is 11.6 Å². The minimum atomic E-state index is -0.447. The number of fused-ring (bicyclic) bond motifs is 2. The first-order valence-electron chi connectivity index (χ1n) is 13.6. The number of anilines is 1. The predicted octanol–water partition coefficient (Wildman–Crippen LogP) is 3.86. The zero-order valence-electron chi connectivity index (χ0n) is 23.2. The molecule has 0 bridgehead atoms. The fourth-order valence-electron chi connectivity index (χ4n) is 4.93. The number of nitrogen functional groups attached to an aromatic ring is 1. The topological polar surface area (TPSA) is 168 Å². The molecular weight excluding hydrogens is 580 g/mol. The highest BCUT2D eigenvalue weighted by Crippen LogP contribution is 2.31. The molecule has 0 aliphatic heterocycles. The highest BCUT2D eigenvalue weighted by atomic mass is 35.5. The SMILES string of the molecule is NC(=O)CCC#Cc1cccc2nc(Cn3nc(-c4ccc(O)cc4)c4c(N)ncnc43)n(Cc3ccccc3Cl)c(=O)c12. The van der Waals surface area contributed by atoms with E-state index in [4.69, 9.17) is 33.2 Å². The molecule has 5 N–H and O–H groups in total. The van der Waals surface area contributed by atoms with E-state index in [1.54, 1.807) is 57.8 Å². The molecule has 3 aromatic carbocycles. The van der Waals surface area contributed by atoms with Crippen LogP contribution in [-0.4, -0.2) is 40.3 Å². The van der Waals surface area contributed by atoms with Gasteiger partial charge in [0.25, 0.3) is 5.56 Å². The molecule has 6 aromatic rings. The Morgan fingerprint density at radius 1 is 0.977 bits per heavy atom. The number of amides is 1. The summed E-state index contributed by atoms with van der Waals surface area (Å²) in [5.74, 6) is 6.25. The van der Waals surface area contributed by atoms with Crippen molar-refractivity contribution in [3.8, 4) is 28.8 Å². The van der Waals surface area contributed by atoms with E-state index < -0.39 is 5.91 Å². The van der Waals surface area contributed by atoms with Gasteiger partial charge in [-0.2, -0.15) is 5.10 Å². The molecule has 0 spiro atoms. The summed E-state index contributed by atoms with van der Waals surface area (Å²) in [6.45, 7) is 0.205. The van der Waals surface area contributed by atoms with Crippen LogP contribution in [0.3, 0.4) is 0 Å². The van der Waals surface area contributed by atoms with E-state index >= 15 is 0 Å². The summed E-state index contributed by atoms with van der Waals surface area (Å²) in [6, 6.07) is 19.1. The van der Waals surface area contributed by atoms with E-state index in [2.05, 4.69) is 21.8 Å². The van der Waals surface area contributed by atoms with Crippen molar-refractivity contribution < 1.29 is 9.90 Å². The van der Waals surface area contributed by atoms with Gasteiger partial charge >= 0.3 is 0 Å². The monoisotopic (exact) mass is 604 g/mol. The molecular formula is C32H25ClN8O3. The third-order valence-corrected chi connectivity index (χ3v) is 7.43. The molecule has 0 unspecified atom stereocenters. The molecule has 0 saturated carbocycles. The number of hydrogen-bond donors (Lipinski definition) is 3. The highest BCUT2D eigenvalue weighted by molar-refractivity contribution is 6.31. The minimum Gasteiger partial charge on any atom is -0.508 e. The van der Waals surface area contributed by atoms with Crippen LogP contribution in [-0.2, 0) is 17.9 Å². The Morgan fingerprint density at radius 2 is 1.77 bits per heavy atom. The first-order chi connectivity index (χ1) is 21.3. The summed E-state index contributed by atoms with van der Waals surface area (Å²) < 4.78 is 3.18. The maximum atomic E-state index is 14.2. The lowest BCUT2D eigenvalue weighted by molar-refractivity contribution is -0.117. The fourth-order valence-corrected chi connectivity index (χ4v) is 5.13. The summed E-state index contributed by atoms with van der Waals surface area (Å²) in [5.41, 5.74) is 14.6. The number of benzene rings is 3. The Labute approximate surface area is 255 Å². The van der Waals surface area contributed by atoms with Gasteiger partial charge in [0, 0.05) is 29.0 Å². The maximum absolute atomic E-state index is 14.2. The Balaban J connectivity index is 1.53. The largest absolute Gasteiger partial charge is 0.508 e. The van der Waals surface area contributed by atoms with E-state index in [0.29, 0.717) is 49.6 Å². The van der Waals surface area contributed by atoms with Crippen LogP contribution in [0.1, 0.15) is 29.8 Å². The molecule has 3 aromatic heterocycles. The molecule has 218 valence electrons. The number of rotatable bonds is 7. The lowest BCUT2D eigenvalue weighted by atomic mass is 10.1. The van der Waals surface area contributed by atoms with Crippen LogP contribution in [0, 0.1) is 11.8 Å². The quantitative estimate of drug-likeness (QED) is 0.231. The summed E-state index contributed by atoms with van der Waals surface area (Å²) in [4.78, 5) is 38.9. The van der Waals surface area contributed by atoms with Gasteiger partial charge in [0.2, 0.25) is 5.91 Å². The number of halogens is 1. The molecule has 0 saturated heterocycles. The number of nitrogens with two attached hydrogens (primary N) is 2. The number of aromatic nitrogens is 6. The number of hydrogen-bond acceptors (Lipinski definition) is 8. The summed E-state index contributed by atoms with van der Waals surface area (Å²) in [5, 5.41) is 16.0. The molecule has 6 rings (SSSR count). The molecule has 3 heterocycles. The molecule has 1 amide bonds. The van der Waals surface area contributed by atoms with Gasteiger partial charge < -0.3 is 16.6 Å². The Morgan fingerprint density at radius 3 is 2.55 bits per heavy atom. The molecule has 11 nitrogen and oxygen atoms in total. The van der Waals surface area contributed by atoms with Crippen molar-refractivity contribution in [3.05, 3.63) is 105 Å². The molecule has 0 aliphatic carbocycles. The first kappa shape index (κ1) is 28.4. The lowest BCUT2D eigenvalue weighted by Crippen LogP contribution is -2.28. The third kappa shape index (κ3) is 5.54. The number of phenolic OH excluding ortho intramolecular Hbond substituents is 1. The van der Waals surface area contributed by atoms with Crippen molar-refractivity contribution >= 4 is 45.3 Å². The molecule has 12 heteroatoms. The van der Waals surface area contributed by atoms with Crippen molar-refractivity contribution in [1.29, 1.82) is 0 Å². The van der Waals surface area contributed by atoms with E-state index in [1.807, 2.05) is 18.2 Å². The standard InChI is InChI=1S/C32H25ClN8O3/c33-23-9-3-1-7-21(23)16-40-26(38-24-10-5-8-19(27(24)32(40)44)6-2-4-11-25(34)43)17-41-31-28(30(35)36-18-37-31)29(39-41)20-12-14-22(42)15-13-20/h1,3,5,7-10,12-15,18,42H,4,11,16-17H2,(H2,34,43)(H2,35,36,37). The smallest absolute Gasteiger partial charge is 0.263 e. The molecule has 44 heavy (non-hydrogen) atoms. The number of primary amides is 1. The average Bonchev–Trinajstić information content (AvgIpc) is 3.37. The lowest BCUT2D eigenvalue weighted by Gasteiger charge is -2.15. The van der Waals surface area contributed by atoms with Crippen LogP contribution in [0.5, 0.6) is 5.75 Å². The van der Waals surface area contributed by atoms with Gasteiger partial charge in [-0.15, -0.1) is 0 Å². The number of nitrogens with zero attached hydrogens (tertiary/aromatic N) is 6. The van der Waals surface area contributed by atoms with Crippen LogP contribution in [0.15, 0.2) is 77.9 Å². The Hall–Kier alpha value is -5.73. The molecule has 0 aliphatic rings. The highest BCUT2D eigenvalue weighted by Gasteiger charge is 2.21. The number of carbonyl (C=O) groups is 1. The zero-order chi connectivity index (χ0) is 30.8. The zero-order valence-corrected chi connectivity index (χ0v) is 24.0. The Bertz CT molecular complexity index is 2180. The van der Waals surface area contributed by atoms with Crippen molar-refractivity contribution in [1.82, 2.24) is 29.3 Å². The fraction of sp³-hybridized carbons (Fsp3) is 0.125. The maximum Gasteiger partial charge on any atom is 0.263 e. The van der Waals surface area contributed by atoms with E-state index in [-0.39, 0.29) is 43.1 Å². The second kappa shape index (κ2) is 11.9. The normalized spacial score (nSPS) is 11.0. The van der Waals surface area contributed by atoms with E-state index in [0.717, 1.165) is 5.56 Å². The van der Waals surface area contributed by atoms with Crippen LogP contribution in [0.25, 0.3) is 33.2 Å². The molecule has 0 radical (unpaired) electrons.